The van der Waals surface area contributed by atoms with Crippen molar-refractivity contribution in [3.63, 3.8) is 0 Å². The zero-order valence-electron chi connectivity index (χ0n) is 7.64. The Hall–Kier alpha value is -1.82. The van der Waals surface area contributed by atoms with E-state index in [4.69, 9.17) is 5.26 Å². The summed E-state index contributed by atoms with van der Waals surface area (Å²) in [5.41, 5.74) is 0.697. The van der Waals surface area contributed by atoms with E-state index in [9.17, 15) is 9.90 Å². The van der Waals surface area contributed by atoms with Crippen LogP contribution in [-0.2, 0) is 4.79 Å². The molecular formula is C11H10NO2-. The fourth-order valence-electron chi connectivity index (χ4n) is 1.31. The molecule has 1 atom stereocenters. The lowest BCUT2D eigenvalue weighted by Crippen LogP contribution is -2.29. The Labute approximate surface area is 82.6 Å². The molecule has 14 heavy (non-hydrogen) atoms. The Kier molecular flexibility index (Phi) is 3.69. The molecule has 1 aromatic rings. The molecule has 0 saturated heterocycles. The first-order chi connectivity index (χ1) is 6.75. The predicted octanol–water partition coefficient (Wildman–Crippen LogP) is 0.824. The van der Waals surface area contributed by atoms with Gasteiger partial charge in [0, 0.05) is 18.3 Å². The van der Waals surface area contributed by atoms with Crippen LogP contribution in [-0.4, -0.2) is 5.97 Å². The minimum Gasteiger partial charge on any atom is -0.549 e. The second-order valence-electron chi connectivity index (χ2n) is 2.98. The van der Waals surface area contributed by atoms with Gasteiger partial charge in [-0.25, -0.2) is 0 Å². The summed E-state index contributed by atoms with van der Waals surface area (Å²) in [6.45, 7) is 0. The van der Waals surface area contributed by atoms with Crippen molar-refractivity contribution in [2.24, 2.45) is 0 Å². The minimum absolute atomic E-state index is 0.230. The maximum absolute atomic E-state index is 10.8. The first-order valence-corrected chi connectivity index (χ1v) is 4.38. The van der Waals surface area contributed by atoms with E-state index in [-0.39, 0.29) is 6.42 Å². The van der Waals surface area contributed by atoms with E-state index in [0.717, 1.165) is 0 Å². The van der Waals surface area contributed by atoms with Gasteiger partial charge in [-0.3, -0.25) is 0 Å². The monoisotopic (exact) mass is 188 g/mol. The van der Waals surface area contributed by atoms with Crippen LogP contribution in [0.2, 0.25) is 0 Å². The molecule has 1 rings (SSSR count). The molecule has 3 heteroatoms. The van der Waals surface area contributed by atoms with Crippen molar-refractivity contribution in [1.29, 1.82) is 5.26 Å². The zero-order valence-corrected chi connectivity index (χ0v) is 7.64. The maximum Gasteiger partial charge on any atom is 0.0622 e. The summed E-state index contributed by atoms with van der Waals surface area (Å²) in [6, 6.07) is 10.8. The summed E-state index contributed by atoms with van der Waals surface area (Å²) in [4.78, 5) is 10.8. The standard InChI is InChI=1S/C11H11NO2/c12-8-4-7-10(11(13)14)9-5-2-1-3-6-9/h1-3,5-6,10H,4,7H2,(H,13,14)/p-1. The van der Waals surface area contributed by atoms with Gasteiger partial charge in [0.05, 0.1) is 6.07 Å². The SMILES string of the molecule is N#CCCC(C(=O)[O-])c1ccccc1. The van der Waals surface area contributed by atoms with E-state index in [0.29, 0.717) is 12.0 Å². The quantitative estimate of drug-likeness (QED) is 0.702. The summed E-state index contributed by atoms with van der Waals surface area (Å²) in [6.07, 6.45) is 0.538. The molecule has 0 spiro atoms. The highest BCUT2D eigenvalue weighted by molar-refractivity contribution is 5.73. The second kappa shape index (κ2) is 5.03. The normalized spacial score (nSPS) is 11.6. The summed E-state index contributed by atoms with van der Waals surface area (Å²) in [5.74, 6) is -1.79. The summed E-state index contributed by atoms with van der Waals surface area (Å²) < 4.78 is 0. The number of nitrogens with zero attached hydrogens (tertiary/aromatic N) is 1. The van der Waals surface area contributed by atoms with Crippen LogP contribution in [0, 0.1) is 11.3 Å². The van der Waals surface area contributed by atoms with Gasteiger partial charge >= 0.3 is 0 Å². The molecule has 1 aromatic carbocycles. The van der Waals surface area contributed by atoms with E-state index >= 15 is 0 Å². The highest BCUT2D eigenvalue weighted by Gasteiger charge is 2.11. The fourth-order valence-corrected chi connectivity index (χ4v) is 1.31. The van der Waals surface area contributed by atoms with Crippen LogP contribution in [0.4, 0.5) is 0 Å². The Morgan fingerprint density at radius 2 is 2.07 bits per heavy atom. The lowest BCUT2D eigenvalue weighted by molar-refractivity contribution is -0.308. The van der Waals surface area contributed by atoms with Crippen molar-refractivity contribution < 1.29 is 9.90 Å². The third-order valence-electron chi connectivity index (χ3n) is 2.03. The van der Waals surface area contributed by atoms with Crippen molar-refractivity contribution in [1.82, 2.24) is 0 Å². The number of hydrogen-bond acceptors (Lipinski definition) is 3. The van der Waals surface area contributed by atoms with Crippen LogP contribution < -0.4 is 5.11 Å². The average Bonchev–Trinajstić information content (AvgIpc) is 2.19. The number of carbonyl (C=O) groups is 1. The number of aliphatic carboxylic acids is 1. The van der Waals surface area contributed by atoms with Crippen LogP contribution in [0.25, 0.3) is 0 Å². The van der Waals surface area contributed by atoms with Crippen LogP contribution in [0.1, 0.15) is 24.3 Å². The zero-order chi connectivity index (χ0) is 10.4. The molecule has 0 fully saturated rings. The molecule has 0 aliphatic carbocycles. The van der Waals surface area contributed by atoms with Gasteiger partial charge in [-0.05, 0) is 12.0 Å². The molecule has 0 heterocycles. The molecular weight excluding hydrogens is 178 g/mol. The topological polar surface area (TPSA) is 63.9 Å². The number of nitriles is 1. The second-order valence-corrected chi connectivity index (χ2v) is 2.98. The van der Waals surface area contributed by atoms with E-state index in [1.807, 2.05) is 12.1 Å². The van der Waals surface area contributed by atoms with Gasteiger partial charge in [-0.15, -0.1) is 0 Å². The van der Waals surface area contributed by atoms with Crippen molar-refractivity contribution in [3.05, 3.63) is 35.9 Å². The summed E-state index contributed by atoms with van der Waals surface area (Å²) in [7, 11) is 0. The van der Waals surface area contributed by atoms with Gasteiger partial charge in [0.1, 0.15) is 0 Å². The lowest BCUT2D eigenvalue weighted by Gasteiger charge is -2.16. The van der Waals surface area contributed by atoms with Crippen LogP contribution in [0.15, 0.2) is 30.3 Å². The van der Waals surface area contributed by atoms with Gasteiger partial charge in [-0.2, -0.15) is 5.26 Å². The molecule has 1 unspecified atom stereocenters. The Morgan fingerprint density at radius 1 is 1.43 bits per heavy atom. The molecule has 0 N–H and O–H groups in total. The molecule has 0 saturated carbocycles. The van der Waals surface area contributed by atoms with Crippen molar-refractivity contribution in [2.75, 3.05) is 0 Å². The first-order valence-electron chi connectivity index (χ1n) is 4.38. The van der Waals surface area contributed by atoms with E-state index in [1.165, 1.54) is 0 Å². The number of carboxylic acid groups (broad SMARTS) is 1. The van der Waals surface area contributed by atoms with E-state index in [1.54, 1.807) is 24.3 Å². The fraction of sp³-hybridized carbons (Fsp3) is 0.273. The Balaban J connectivity index is 2.79. The highest BCUT2D eigenvalue weighted by atomic mass is 16.4. The summed E-state index contributed by atoms with van der Waals surface area (Å²) in [5, 5.41) is 19.2. The third kappa shape index (κ3) is 2.60. The largest absolute Gasteiger partial charge is 0.549 e. The molecule has 0 aliphatic rings. The minimum atomic E-state index is -1.12. The van der Waals surface area contributed by atoms with Gasteiger partial charge in [0.2, 0.25) is 0 Å². The van der Waals surface area contributed by atoms with Gasteiger partial charge in [-0.1, -0.05) is 30.3 Å². The molecule has 3 nitrogen and oxygen atoms in total. The van der Waals surface area contributed by atoms with Gasteiger partial charge in [0.25, 0.3) is 0 Å². The number of carboxylic acids is 1. The van der Waals surface area contributed by atoms with Crippen molar-refractivity contribution >= 4 is 5.97 Å². The first kappa shape index (κ1) is 10.3. The van der Waals surface area contributed by atoms with Gasteiger partial charge < -0.3 is 9.90 Å². The molecule has 0 radical (unpaired) electrons. The van der Waals surface area contributed by atoms with Crippen LogP contribution in [0.3, 0.4) is 0 Å². The molecule has 0 aliphatic heterocycles. The van der Waals surface area contributed by atoms with Gasteiger partial charge in [0.15, 0.2) is 0 Å². The van der Waals surface area contributed by atoms with E-state index in [2.05, 4.69) is 0 Å². The van der Waals surface area contributed by atoms with Crippen molar-refractivity contribution in [2.45, 2.75) is 18.8 Å². The third-order valence-corrected chi connectivity index (χ3v) is 2.03. The highest BCUT2D eigenvalue weighted by Crippen LogP contribution is 2.19. The predicted molar refractivity (Wildman–Crippen MR) is 49.0 cm³/mol. The molecule has 0 amide bonds. The average molecular weight is 188 g/mol. The Bertz CT molecular complexity index is 340. The number of benzene rings is 1. The molecule has 72 valence electrons. The number of carbonyl (C=O) groups excluding carboxylic acids is 1. The number of hydrogen-bond donors (Lipinski definition) is 0. The lowest BCUT2D eigenvalue weighted by atomic mass is 9.95. The van der Waals surface area contributed by atoms with Crippen molar-refractivity contribution in [3.8, 4) is 6.07 Å². The van der Waals surface area contributed by atoms with Crippen LogP contribution >= 0.6 is 0 Å². The number of rotatable bonds is 4. The van der Waals surface area contributed by atoms with E-state index < -0.39 is 11.9 Å². The molecule has 0 bridgehead atoms. The smallest absolute Gasteiger partial charge is 0.0622 e. The van der Waals surface area contributed by atoms with Crippen LogP contribution in [0.5, 0.6) is 0 Å². The Morgan fingerprint density at radius 3 is 2.57 bits per heavy atom. The summed E-state index contributed by atoms with van der Waals surface area (Å²) >= 11 is 0. The maximum atomic E-state index is 10.8. The molecule has 0 aromatic heterocycles.